The van der Waals surface area contributed by atoms with Gasteiger partial charge < -0.3 is 15.5 Å². The molecule has 0 bridgehead atoms. The van der Waals surface area contributed by atoms with Crippen LogP contribution in [-0.4, -0.2) is 48.4 Å². The highest BCUT2D eigenvalue weighted by molar-refractivity contribution is 5.95. The zero-order chi connectivity index (χ0) is 12.4. The lowest BCUT2D eigenvalue weighted by Gasteiger charge is -2.37. The number of piperazine rings is 1. The normalized spacial score (nSPS) is 21.5. The largest absolute Gasteiger partial charge is 0.399 e. The van der Waals surface area contributed by atoms with Gasteiger partial charge in [0.1, 0.15) is 0 Å². The Morgan fingerprint density at radius 3 is 2.82 bits per heavy atom. The van der Waals surface area contributed by atoms with Crippen molar-refractivity contribution in [3.63, 3.8) is 0 Å². The van der Waals surface area contributed by atoms with Gasteiger partial charge in [0.05, 0.1) is 0 Å². The summed E-state index contributed by atoms with van der Waals surface area (Å²) in [6.45, 7) is 4.63. The number of hydrogen-bond donors (Lipinski definition) is 1. The minimum atomic E-state index is 0.0808. The molecule has 0 radical (unpaired) electrons. The molecule has 1 heterocycles. The van der Waals surface area contributed by atoms with Crippen molar-refractivity contribution >= 4 is 11.6 Å². The Balaban J connectivity index is 2.10. The van der Waals surface area contributed by atoms with E-state index in [-0.39, 0.29) is 5.91 Å². The van der Waals surface area contributed by atoms with Crippen molar-refractivity contribution in [3.05, 3.63) is 29.8 Å². The molecule has 17 heavy (non-hydrogen) atoms. The molecule has 1 aromatic rings. The van der Waals surface area contributed by atoms with E-state index in [1.807, 2.05) is 17.0 Å². The number of carbonyl (C=O) groups excluding carboxylic acids is 1. The fourth-order valence-electron chi connectivity index (χ4n) is 2.09. The lowest BCUT2D eigenvalue weighted by atomic mass is 10.1. The first-order valence-corrected chi connectivity index (χ1v) is 5.93. The molecular weight excluding hydrogens is 214 g/mol. The molecule has 0 saturated carbocycles. The molecule has 1 saturated heterocycles. The Morgan fingerprint density at radius 2 is 2.18 bits per heavy atom. The summed E-state index contributed by atoms with van der Waals surface area (Å²) in [6.07, 6.45) is 0. The SMILES string of the molecule is CC1CN(C(=O)c2cccc(N)c2)CCN1C. The Kier molecular flexibility index (Phi) is 3.33. The summed E-state index contributed by atoms with van der Waals surface area (Å²) < 4.78 is 0. The molecule has 4 nitrogen and oxygen atoms in total. The highest BCUT2D eigenvalue weighted by Crippen LogP contribution is 2.13. The summed E-state index contributed by atoms with van der Waals surface area (Å²) in [4.78, 5) is 16.4. The highest BCUT2D eigenvalue weighted by atomic mass is 16.2. The smallest absolute Gasteiger partial charge is 0.254 e. The zero-order valence-electron chi connectivity index (χ0n) is 10.4. The first kappa shape index (κ1) is 11.9. The number of rotatable bonds is 1. The van der Waals surface area contributed by atoms with Crippen molar-refractivity contribution in [2.24, 2.45) is 0 Å². The van der Waals surface area contributed by atoms with Crippen LogP contribution in [0.3, 0.4) is 0 Å². The maximum absolute atomic E-state index is 12.3. The second-order valence-electron chi connectivity index (χ2n) is 4.71. The van der Waals surface area contributed by atoms with Gasteiger partial charge in [0.15, 0.2) is 0 Å². The van der Waals surface area contributed by atoms with Gasteiger partial charge in [-0.05, 0) is 32.2 Å². The van der Waals surface area contributed by atoms with Crippen molar-refractivity contribution in [1.29, 1.82) is 0 Å². The Bertz CT molecular complexity index is 419. The van der Waals surface area contributed by atoms with Crippen LogP contribution >= 0.6 is 0 Å². The minimum absolute atomic E-state index is 0.0808. The third kappa shape index (κ3) is 2.58. The van der Waals surface area contributed by atoms with Gasteiger partial charge in [-0.3, -0.25) is 4.79 Å². The van der Waals surface area contributed by atoms with Gasteiger partial charge in [0, 0.05) is 36.9 Å². The predicted octanol–water partition coefficient (Wildman–Crippen LogP) is 1.04. The van der Waals surface area contributed by atoms with Gasteiger partial charge in [-0.15, -0.1) is 0 Å². The van der Waals surface area contributed by atoms with Crippen LogP contribution in [0.4, 0.5) is 5.69 Å². The number of nitrogens with two attached hydrogens (primary N) is 1. The monoisotopic (exact) mass is 233 g/mol. The fraction of sp³-hybridized carbons (Fsp3) is 0.462. The number of nitrogens with zero attached hydrogens (tertiary/aromatic N) is 2. The van der Waals surface area contributed by atoms with E-state index in [4.69, 9.17) is 5.73 Å². The van der Waals surface area contributed by atoms with Gasteiger partial charge in [-0.2, -0.15) is 0 Å². The van der Waals surface area contributed by atoms with Gasteiger partial charge in [-0.1, -0.05) is 6.07 Å². The van der Waals surface area contributed by atoms with E-state index in [2.05, 4.69) is 18.9 Å². The van der Waals surface area contributed by atoms with Crippen molar-refractivity contribution in [2.45, 2.75) is 13.0 Å². The molecule has 4 heteroatoms. The van der Waals surface area contributed by atoms with E-state index < -0.39 is 0 Å². The van der Waals surface area contributed by atoms with Crippen molar-refractivity contribution < 1.29 is 4.79 Å². The second kappa shape index (κ2) is 4.75. The third-order valence-electron chi connectivity index (χ3n) is 3.38. The summed E-state index contributed by atoms with van der Waals surface area (Å²) in [5, 5.41) is 0. The van der Waals surface area contributed by atoms with E-state index in [1.54, 1.807) is 12.1 Å². The number of likely N-dealkylation sites (N-methyl/N-ethyl adjacent to an activating group) is 1. The average molecular weight is 233 g/mol. The van der Waals surface area contributed by atoms with Crippen molar-refractivity contribution in [1.82, 2.24) is 9.80 Å². The minimum Gasteiger partial charge on any atom is -0.399 e. The second-order valence-corrected chi connectivity index (χ2v) is 4.71. The zero-order valence-corrected chi connectivity index (χ0v) is 10.4. The molecule has 1 amide bonds. The topological polar surface area (TPSA) is 49.6 Å². The predicted molar refractivity (Wildman–Crippen MR) is 68.8 cm³/mol. The lowest BCUT2D eigenvalue weighted by molar-refractivity contribution is 0.0572. The number of nitrogen functional groups attached to an aromatic ring is 1. The molecule has 2 N–H and O–H groups in total. The third-order valence-corrected chi connectivity index (χ3v) is 3.38. The van der Waals surface area contributed by atoms with E-state index in [0.717, 1.165) is 19.6 Å². The number of amides is 1. The molecule has 1 unspecified atom stereocenters. The molecule has 92 valence electrons. The Morgan fingerprint density at radius 1 is 1.41 bits per heavy atom. The van der Waals surface area contributed by atoms with Crippen LogP contribution in [0.1, 0.15) is 17.3 Å². The molecule has 0 aliphatic carbocycles. The van der Waals surface area contributed by atoms with Crippen molar-refractivity contribution in [2.75, 3.05) is 32.4 Å². The summed E-state index contributed by atoms with van der Waals surface area (Å²) in [7, 11) is 2.09. The van der Waals surface area contributed by atoms with E-state index in [0.29, 0.717) is 17.3 Å². The van der Waals surface area contributed by atoms with Gasteiger partial charge in [0.25, 0.3) is 5.91 Å². The van der Waals surface area contributed by atoms with Gasteiger partial charge >= 0.3 is 0 Å². The summed E-state index contributed by atoms with van der Waals surface area (Å²) in [5.74, 6) is 0.0808. The molecule has 1 atom stereocenters. The number of carbonyl (C=O) groups is 1. The van der Waals surface area contributed by atoms with Crippen LogP contribution in [0.5, 0.6) is 0 Å². The Labute approximate surface area is 102 Å². The standard InChI is InChI=1S/C13H19N3O/c1-10-9-16(7-6-15(10)2)13(17)11-4-3-5-12(14)8-11/h3-5,8,10H,6-7,9,14H2,1-2H3. The van der Waals surface area contributed by atoms with Crippen LogP contribution in [0, 0.1) is 0 Å². The first-order chi connectivity index (χ1) is 8.08. The first-order valence-electron chi connectivity index (χ1n) is 5.93. The molecule has 1 aliphatic heterocycles. The molecule has 1 aromatic carbocycles. The molecule has 0 aromatic heterocycles. The summed E-state index contributed by atoms with van der Waals surface area (Å²) >= 11 is 0. The number of benzene rings is 1. The molecule has 1 fully saturated rings. The van der Waals surface area contributed by atoms with Crippen molar-refractivity contribution in [3.8, 4) is 0 Å². The van der Waals surface area contributed by atoms with Crippen LogP contribution in [0.15, 0.2) is 24.3 Å². The van der Waals surface area contributed by atoms with Gasteiger partial charge in [0.2, 0.25) is 0 Å². The Hall–Kier alpha value is -1.55. The summed E-state index contributed by atoms with van der Waals surface area (Å²) in [5.41, 5.74) is 7.02. The average Bonchev–Trinajstić information content (AvgIpc) is 2.32. The quantitative estimate of drug-likeness (QED) is 0.737. The number of anilines is 1. The maximum Gasteiger partial charge on any atom is 0.254 e. The maximum atomic E-state index is 12.3. The van der Waals surface area contributed by atoms with Crippen LogP contribution < -0.4 is 5.73 Å². The molecule has 1 aliphatic rings. The van der Waals surface area contributed by atoms with E-state index in [1.165, 1.54) is 0 Å². The van der Waals surface area contributed by atoms with E-state index in [9.17, 15) is 4.79 Å². The molecular formula is C13H19N3O. The highest BCUT2D eigenvalue weighted by Gasteiger charge is 2.24. The number of hydrogen-bond acceptors (Lipinski definition) is 3. The van der Waals surface area contributed by atoms with E-state index >= 15 is 0 Å². The van der Waals surface area contributed by atoms with Crippen LogP contribution in [0.2, 0.25) is 0 Å². The molecule has 2 rings (SSSR count). The summed E-state index contributed by atoms with van der Waals surface area (Å²) in [6, 6.07) is 7.59. The van der Waals surface area contributed by atoms with Gasteiger partial charge in [-0.25, -0.2) is 0 Å². The molecule has 0 spiro atoms. The van der Waals surface area contributed by atoms with Crippen LogP contribution in [-0.2, 0) is 0 Å². The lowest BCUT2D eigenvalue weighted by Crippen LogP contribution is -2.52. The van der Waals surface area contributed by atoms with Crippen LogP contribution in [0.25, 0.3) is 0 Å². The fourth-order valence-corrected chi connectivity index (χ4v) is 2.09.